The van der Waals surface area contributed by atoms with Crippen LogP contribution >= 0.6 is 0 Å². The first kappa shape index (κ1) is 16.0. The molecule has 4 nitrogen and oxygen atoms in total. The molecule has 0 spiro atoms. The fraction of sp³-hybridized carbons (Fsp3) is 0.500. The van der Waals surface area contributed by atoms with Gasteiger partial charge in [-0.2, -0.15) is 18.3 Å². The van der Waals surface area contributed by atoms with Crippen molar-refractivity contribution in [3.63, 3.8) is 0 Å². The van der Waals surface area contributed by atoms with Gasteiger partial charge in [-0.15, -0.1) is 0 Å². The van der Waals surface area contributed by atoms with Crippen LogP contribution in [0, 0.1) is 0 Å². The van der Waals surface area contributed by atoms with E-state index in [-0.39, 0.29) is 5.92 Å². The number of piperidine rings is 1. The highest BCUT2D eigenvalue weighted by Crippen LogP contribution is 2.31. The second kappa shape index (κ2) is 6.70. The van der Waals surface area contributed by atoms with Gasteiger partial charge in [-0.3, -0.25) is 10.1 Å². The number of nitrogens with one attached hydrogen (secondary N) is 1. The summed E-state index contributed by atoms with van der Waals surface area (Å²) in [6.45, 7) is 2.60. The lowest BCUT2D eigenvalue weighted by Crippen LogP contribution is -2.36. The molecule has 124 valence electrons. The first-order valence-corrected chi connectivity index (χ1v) is 7.77. The predicted molar refractivity (Wildman–Crippen MR) is 79.9 cm³/mol. The highest BCUT2D eigenvalue weighted by molar-refractivity contribution is 5.16. The number of alkyl halides is 3. The number of aromatic nitrogens is 3. The van der Waals surface area contributed by atoms with Crippen molar-refractivity contribution in [2.75, 3.05) is 19.6 Å². The molecule has 0 saturated carbocycles. The van der Waals surface area contributed by atoms with Crippen molar-refractivity contribution in [2.24, 2.45) is 0 Å². The molecule has 0 bridgehead atoms. The first-order chi connectivity index (χ1) is 11.0. The molecular formula is C16H19F3N4. The molecule has 1 aliphatic heterocycles. The third kappa shape index (κ3) is 4.10. The summed E-state index contributed by atoms with van der Waals surface area (Å²) in [4.78, 5) is 6.59. The van der Waals surface area contributed by atoms with Crippen LogP contribution in [0.4, 0.5) is 13.2 Å². The van der Waals surface area contributed by atoms with E-state index in [0.717, 1.165) is 50.7 Å². The van der Waals surface area contributed by atoms with Gasteiger partial charge in [-0.25, -0.2) is 0 Å². The van der Waals surface area contributed by atoms with Gasteiger partial charge >= 0.3 is 6.18 Å². The summed E-state index contributed by atoms with van der Waals surface area (Å²) in [5.74, 6) is 0.0797. The molecule has 1 N–H and O–H groups in total. The van der Waals surface area contributed by atoms with E-state index in [1.54, 1.807) is 6.20 Å². The molecule has 0 aromatic carbocycles. The van der Waals surface area contributed by atoms with Crippen molar-refractivity contribution < 1.29 is 13.2 Å². The zero-order chi connectivity index (χ0) is 16.3. The molecule has 23 heavy (non-hydrogen) atoms. The summed E-state index contributed by atoms with van der Waals surface area (Å²) in [5, 5.41) is 5.97. The average Bonchev–Trinajstić information content (AvgIpc) is 3.05. The van der Waals surface area contributed by atoms with Crippen LogP contribution in [0.15, 0.2) is 30.5 Å². The van der Waals surface area contributed by atoms with Crippen LogP contribution in [-0.2, 0) is 12.6 Å². The monoisotopic (exact) mass is 324 g/mol. The number of nitrogens with zero attached hydrogens (tertiary/aromatic N) is 3. The summed E-state index contributed by atoms with van der Waals surface area (Å²) < 4.78 is 38.0. The quantitative estimate of drug-likeness (QED) is 0.939. The number of H-pyrrole nitrogens is 1. The lowest BCUT2D eigenvalue weighted by atomic mass is 9.94. The van der Waals surface area contributed by atoms with Crippen molar-refractivity contribution in [3.05, 3.63) is 47.5 Å². The van der Waals surface area contributed by atoms with Gasteiger partial charge in [0, 0.05) is 43.0 Å². The molecule has 0 unspecified atom stereocenters. The predicted octanol–water partition coefficient (Wildman–Crippen LogP) is 3.25. The lowest BCUT2D eigenvalue weighted by Gasteiger charge is -2.32. The first-order valence-electron chi connectivity index (χ1n) is 7.77. The minimum Gasteiger partial charge on any atom is -0.302 e. The van der Waals surface area contributed by atoms with Gasteiger partial charge in [0.05, 0.1) is 0 Å². The van der Waals surface area contributed by atoms with E-state index in [0.29, 0.717) is 5.69 Å². The molecule has 0 amide bonds. The number of pyridine rings is 1. The largest absolute Gasteiger partial charge is 0.435 e. The average molecular weight is 324 g/mol. The Labute approximate surface area is 132 Å². The van der Waals surface area contributed by atoms with E-state index >= 15 is 0 Å². The summed E-state index contributed by atoms with van der Waals surface area (Å²) in [5.41, 5.74) is 0.786. The summed E-state index contributed by atoms with van der Waals surface area (Å²) in [6, 6.07) is 6.99. The van der Waals surface area contributed by atoms with Gasteiger partial charge in [-0.05, 0) is 37.6 Å². The molecule has 3 heterocycles. The Kier molecular flexibility index (Phi) is 4.66. The summed E-state index contributed by atoms with van der Waals surface area (Å²) in [6.07, 6.45) is 0.108. The fourth-order valence-electron chi connectivity index (χ4n) is 3.02. The van der Waals surface area contributed by atoms with Crippen LogP contribution in [-0.4, -0.2) is 39.7 Å². The Morgan fingerprint density at radius 2 is 2.17 bits per heavy atom. The number of hydrogen-bond acceptors (Lipinski definition) is 3. The molecule has 3 rings (SSSR count). The summed E-state index contributed by atoms with van der Waals surface area (Å²) in [7, 11) is 0. The van der Waals surface area contributed by atoms with Crippen molar-refractivity contribution in [3.8, 4) is 0 Å². The fourth-order valence-corrected chi connectivity index (χ4v) is 3.02. The maximum Gasteiger partial charge on any atom is 0.435 e. The number of hydrogen-bond donors (Lipinski definition) is 1. The van der Waals surface area contributed by atoms with E-state index in [2.05, 4.69) is 20.1 Å². The molecular weight excluding hydrogens is 305 g/mol. The third-order valence-corrected chi connectivity index (χ3v) is 4.24. The molecule has 2 aromatic heterocycles. The molecule has 7 heteroatoms. The van der Waals surface area contributed by atoms with Crippen molar-refractivity contribution >= 4 is 0 Å². The van der Waals surface area contributed by atoms with Gasteiger partial charge < -0.3 is 4.90 Å². The smallest absolute Gasteiger partial charge is 0.302 e. The lowest BCUT2D eigenvalue weighted by molar-refractivity contribution is -0.141. The second-order valence-electron chi connectivity index (χ2n) is 5.92. The van der Waals surface area contributed by atoms with E-state index in [1.165, 1.54) is 0 Å². The number of halogens is 3. The van der Waals surface area contributed by atoms with Crippen LogP contribution in [0.25, 0.3) is 0 Å². The van der Waals surface area contributed by atoms with Crippen molar-refractivity contribution in [1.82, 2.24) is 20.1 Å². The molecule has 1 atom stereocenters. The highest BCUT2D eigenvalue weighted by Gasteiger charge is 2.35. The molecule has 1 fully saturated rings. The van der Waals surface area contributed by atoms with Crippen LogP contribution in [0.2, 0.25) is 0 Å². The van der Waals surface area contributed by atoms with E-state index in [1.807, 2.05) is 18.2 Å². The van der Waals surface area contributed by atoms with Crippen LogP contribution < -0.4 is 0 Å². The number of rotatable bonds is 4. The van der Waals surface area contributed by atoms with Gasteiger partial charge in [-0.1, -0.05) is 6.07 Å². The molecule has 0 aliphatic carbocycles. The second-order valence-corrected chi connectivity index (χ2v) is 5.92. The zero-order valence-electron chi connectivity index (χ0n) is 12.7. The molecule has 1 aliphatic rings. The maximum atomic E-state index is 12.7. The van der Waals surface area contributed by atoms with Crippen LogP contribution in [0.5, 0.6) is 0 Å². The third-order valence-electron chi connectivity index (χ3n) is 4.24. The van der Waals surface area contributed by atoms with Gasteiger partial charge in [0.15, 0.2) is 5.69 Å². The normalized spacial score (nSPS) is 19.9. The van der Waals surface area contributed by atoms with E-state index < -0.39 is 11.9 Å². The minimum atomic E-state index is -4.39. The van der Waals surface area contributed by atoms with Crippen LogP contribution in [0.3, 0.4) is 0 Å². The topological polar surface area (TPSA) is 44.8 Å². The Hall–Kier alpha value is -1.89. The molecule has 0 radical (unpaired) electrons. The number of likely N-dealkylation sites (tertiary alicyclic amines) is 1. The minimum absolute atomic E-state index is 0.0797. The zero-order valence-corrected chi connectivity index (χ0v) is 12.7. The SMILES string of the molecule is FC(F)(F)c1cc([C@@H]2CCCN(CCc3ccccn3)C2)[nH]n1. The van der Waals surface area contributed by atoms with Crippen molar-refractivity contribution in [2.45, 2.75) is 31.4 Å². The molecule has 1 saturated heterocycles. The number of aromatic amines is 1. The summed E-state index contributed by atoms with van der Waals surface area (Å²) >= 11 is 0. The van der Waals surface area contributed by atoms with E-state index in [9.17, 15) is 13.2 Å². The van der Waals surface area contributed by atoms with Gasteiger partial charge in [0.25, 0.3) is 0 Å². The maximum absolute atomic E-state index is 12.7. The highest BCUT2D eigenvalue weighted by atomic mass is 19.4. The Balaban J connectivity index is 1.59. The van der Waals surface area contributed by atoms with Crippen molar-refractivity contribution in [1.29, 1.82) is 0 Å². The van der Waals surface area contributed by atoms with Gasteiger partial charge in [0.2, 0.25) is 0 Å². The Morgan fingerprint density at radius 3 is 2.87 bits per heavy atom. The van der Waals surface area contributed by atoms with Crippen LogP contribution in [0.1, 0.15) is 35.8 Å². The van der Waals surface area contributed by atoms with E-state index in [4.69, 9.17) is 0 Å². The van der Waals surface area contributed by atoms with Gasteiger partial charge in [0.1, 0.15) is 0 Å². The standard InChI is InChI=1S/C16H19F3N4/c17-16(18,19)15-10-14(21-22-15)12-4-3-8-23(11-12)9-6-13-5-1-2-7-20-13/h1-2,5,7,10,12H,3-4,6,8-9,11H2,(H,21,22)/t12-/m1/s1. The molecule has 2 aromatic rings. The Morgan fingerprint density at radius 1 is 1.30 bits per heavy atom. The Bertz CT molecular complexity index is 624.